The van der Waals surface area contributed by atoms with Crippen LogP contribution in [0.25, 0.3) is 0 Å². The lowest BCUT2D eigenvalue weighted by atomic mass is 9.99. The summed E-state index contributed by atoms with van der Waals surface area (Å²) in [7, 11) is 0. The monoisotopic (exact) mass is 1370 g/mol. The lowest BCUT2D eigenvalue weighted by Gasteiger charge is -2.40. The first kappa shape index (κ1) is 92.4. The summed E-state index contributed by atoms with van der Waals surface area (Å²) >= 11 is 0. The molecule has 0 aromatic carbocycles. The van der Waals surface area contributed by atoms with Crippen LogP contribution in [0.3, 0.4) is 0 Å². The average molecular weight is 1370 g/mol. The minimum Gasteiger partial charge on any atom is -0.466 e. The van der Waals surface area contributed by atoms with Gasteiger partial charge in [0.15, 0.2) is 6.29 Å². The molecule has 0 aromatic rings. The zero-order chi connectivity index (χ0) is 70.1. The summed E-state index contributed by atoms with van der Waals surface area (Å²) in [6, 6.07) is -0.834. The molecule has 0 radical (unpaired) electrons. The molecule has 7 unspecified atom stereocenters. The number of hydrogen-bond donors (Lipinski definition) is 6. The molecule has 1 fully saturated rings. The van der Waals surface area contributed by atoms with Gasteiger partial charge < -0.3 is 45.1 Å². The summed E-state index contributed by atoms with van der Waals surface area (Å²) in [5, 5.41) is 54.6. The molecular weight excluding hydrogens is 1210 g/mol. The standard InChI is InChI=1S/C86H159NO10/c1-3-5-7-9-11-13-15-17-44-48-52-56-60-64-68-72-79(89)78(77-96-86-85(94)84(93)83(92)80(76-88)97-86)87-81(90)73-69-65-61-57-53-49-46-42-40-38-36-34-32-30-28-26-24-22-20-19-21-23-25-27-29-31-33-35-37-39-41-43-47-51-55-59-63-67-71-75-95-82(91)74-70-66-62-58-54-50-45-18-16-14-12-10-8-6-4-2/h15,17,19-20,23,25,52,56,68,72,78-80,83-86,88-89,92-94H,3-14,16,18,21-22,24,26-51,53-55,57-67,69-71,73-77H2,1-2H3,(H,87,90)/b17-15+,20-19-,25-23-,56-52+,72-68+. The second-order valence-corrected chi connectivity index (χ2v) is 29.2. The van der Waals surface area contributed by atoms with Gasteiger partial charge in [-0.15, -0.1) is 0 Å². The molecule has 1 heterocycles. The molecule has 0 aromatic heterocycles. The van der Waals surface area contributed by atoms with E-state index in [1.807, 2.05) is 6.08 Å². The van der Waals surface area contributed by atoms with E-state index in [1.54, 1.807) is 6.08 Å². The molecule has 1 rings (SSSR count). The van der Waals surface area contributed by atoms with Crippen molar-refractivity contribution < 1.29 is 49.3 Å². The predicted molar refractivity (Wildman–Crippen MR) is 412 cm³/mol. The molecule has 97 heavy (non-hydrogen) atoms. The minimum absolute atomic E-state index is 0.0177. The van der Waals surface area contributed by atoms with Gasteiger partial charge in [0.2, 0.25) is 5.91 Å². The number of carbonyl (C=O) groups is 2. The number of ether oxygens (including phenoxy) is 3. The maximum Gasteiger partial charge on any atom is 0.305 e. The Balaban J connectivity index is 1.92. The van der Waals surface area contributed by atoms with E-state index in [-0.39, 0.29) is 18.5 Å². The van der Waals surface area contributed by atoms with Crippen LogP contribution in [0.2, 0.25) is 0 Å². The van der Waals surface area contributed by atoms with E-state index in [9.17, 15) is 35.1 Å². The molecule has 0 bridgehead atoms. The van der Waals surface area contributed by atoms with E-state index < -0.39 is 49.5 Å². The van der Waals surface area contributed by atoms with Crippen molar-refractivity contribution in [1.29, 1.82) is 0 Å². The van der Waals surface area contributed by atoms with Crippen LogP contribution >= 0.6 is 0 Å². The predicted octanol–water partition coefficient (Wildman–Crippen LogP) is 23.2. The first-order valence-electron chi connectivity index (χ1n) is 42.1. The van der Waals surface area contributed by atoms with E-state index in [0.29, 0.717) is 19.4 Å². The highest BCUT2D eigenvalue weighted by Crippen LogP contribution is 2.24. The van der Waals surface area contributed by atoms with Crippen molar-refractivity contribution in [2.24, 2.45) is 0 Å². The number of rotatable bonds is 75. The van der Waals surface area contributed by atoms with Gasteiger partial charge in [0.1, 0.15) is 24.4 Å². The Hall–Kier alpha value is -2.64. The molecule has 568 valence electrons. The molecule has 1 aliphatic heterocycles. The fourth-order valence-electron chi connectivity index (χ4n) is 13.3. The normalized spacial score (nSPS) is 17.5. The van der Waals surface area contributed by atoms with Crippen molar-refractivity contribution in [3.8, 4) is 0 Å². The summed E-state index contributed by atoms with van der Waals surface area (Å²) in [4.78, 5) is 25.2. The third kappa shape index (κ3) is 62.8. The summed E-state index contributed by atoms with van der Waals surface area (Å²) in [6.07, 6.45) is 91.2. The van der Waals surface area contributed by atoms with E-state index in [2.05, 4.69) is 67.8 Å². The fraction of sp³-hybridized carbons (Fsp3) is 0.860. The highest BCUT2D eigenvalue weighted by atomic mass is 16.7. The molecule has 7 atom stereocenters. The Labute approximate surface area is 598 Å². The second-order valence-electron chi connectivity index (χ2n) is 29.2. The van der Waals surface area contributed by atoms with Gasteiger partial charge in [-0.1, -0.05) is 370 Å². The van der Waals surface area contributed by atoms with E-state index in [1.165, 1.54) is 315 Å². The smallest absolute Gasteiger partial charge is 0.305 e. The van der Waals surface area contributed by atoms with Gasteiger partial charge in [-0.3, -0.25) is 9.59 Å². The van der Waals surface area contributed by atoms with Crippen LogP contribution in [0.1, 0.15) is 412 Å². The lowest BCUT2D eigenvalue weighted by Crippen LogP contribution is -2.60. The summed E-state index contributed by atoms with van der Waals surface area (Å²) < 4.78 is 16.8. The van der Waals surface area contributed by atoms with E-state index in [0.717, 1.165) is 70.6 Å². The molecule has 0 aliphatic carbocycles. The Kier molecular flexibility index (Phi) is 71.0. The number of carbonyl (C=O) groups excluding carboxylic acids is 2. The van der Waals surface area contributed by atoms with Gasteiger partial charge in [0.05, 0.1) is 32.0 Å². The molecule has 11 nitrogen and oxygen atoms in total. The summed E-state index contributed by atoms with van der Waals surface area (Å²) in [6.45, 7) is 4.36. The Bertz CT molecular complexity index is 1800. The van der Waals surface area contributed by atoms with Crippen LogP contribution in [0.4, 0.5) is 0 Å². The van der Waals surface area contributed by atoms with Gasteiger partial charge in [-0.05, 0) is 89.9 Å². The van der Waals surface area contributed by atoms with Crippen LogP contribution in [0.5, 0.6) is 0 Å². The minimum atomic E-state index is -1.58. The van der Waals surface area contributed by atoms with Gasteiger partial charge in [-0.2, -0.15) is 0 Å². The van der Waals surface area contributed by atoms with Crippen molar-refractivity contribution in [3.05, 3.63) is 60.8 Å². The molecule has 1 amide bonds. The molecule has 1 saturated heterocycles. The molecule has 6 N–H and O–H groups in total. The van der Waals surface area contributed by atoms with Crippen LogP contribution in [0.15, 0.2) is 60.8 Å². The van der Waals surface area contributed by atoms with Crippen molar-refractivity contribution >= 4 is 11.9 Å². The topological polar surface area (TPSA) is 175 Å². The Morgan fingerprint density at radius 2 is 0.701 bits per heavy atom. The fourth-order valence-corrected chi connectivity index (χ4v) is 13.3. The largest absolute Gasteiger partial charge is 0.466 e. The number of aliphatic hydroxyl groups excluding tert-OH is 5. The number of hydrogen-bond acceptors (Lipinski definition) is 10. The highest BCUT2D eigenvalue weighted by molar-refractivity contribution is 5.76. The van der Waals surface area contributed by atoms with Crippen molar-refractivity contribution in [1.82, 2.24) is 5.32 Å². The first-order chi connectivity index (χ1) is 47.7. The summed E-state index contributed by atoms with van der Waals surface area (Å²) in [5.41, 5.74) is 0. The summed E-state index contributed by atoms with van der Waals surface area (Å²) in [5.74, 6) is -0.174. The highest BCUT2D eigenvalue weighted by Gasteiger charge is 2.44. The number of unbranched alkanes of at least 4 members (excludes halogenated alkanes) is 53. The Morgan fingerprint density at radius 1 is 0.381 bits per heavy atom. The molecular formula is C86H159NO10. The van der Waals surface area contributed by atoms with Crippen molar-refractivity contribution in [2.75, 3.05) is 19.8 Å². The number of nitrogens with one attached hydrogen (secondary N) is 1. The Morgan fingerprint density at radius 3 is 1.08 bits per heavy atom. The van der Waals surface area contributed by atoms with Crippen LogP contribution in [-0.2, 0) is 23.8 Å². The SMILES string of the molecule is CCCCCCC/C=C/CC/C=C/CC/C=C/C(O)C(COC1OC(CO)C(O)C(O)C1O)NC(=O)CCCCCCCCCCCCCCCCCCC/C=C\C/C=C\CCCCCCCCCCCCCCCCCOC(=O)CCCCCCCCCCCCCCCCC. The van der Waals surface area contributed by atoms with Crippen LogP contribution in [0, 0.1) is 0 Å². The van der Waals surface area contributed by atoms with Gasteiger partial charge in [0.25, 0.3) is 0 Å². The van der Waals surface area contributed by atoms with Gasteiger partial charge >= 0.3 is 5.97 Å². The zero-order valence-corrected chi connectivity index (χ0v) is 63.6. The third-order valence-corrected chi connectivity index (χ3v) is 19.8. The quantitative estimate of drug-likeness (QED) is 0.0195. The van der Waals surface area contributed by atoms with Gasteiger partial charge in [-0.25, -0.2) is 0 Å². The number of amides is 1. The molecule has 11 heteroatoms. The van der Waals surface area contributed by atoms with Crippen molar-refractivity contribution in [3.63, 3.8) is 0 Å². The van der Waals surface area contributed by atoms with Gasteiger partial charge in [0, 0.05) is 12.8 Å². The number of allylic oxidation sites excluding steroid dienone is 9. The van der Waals surface area contributed by atoms with Crippen LogP contribution < -0.4 is 5.32 Å². The number of aliphatic hydroxyl groups is 5. The second kappa shape index (κ2) is 74.5. The molecule has 0 saturated carbocycles. The first-order valence-corrected chi connectivity index (χ1v) is 42.1. The zero-order valence-electron chi connectivity index (χ0n) is 63.6. The lowest BCUT2D eigenvalue weighted by molar-refractivity contribution is -0.302. The van der Waals surface area contributed by atoms with E-state index in [4.69, 9.17) is 14.2 Å². The van der Waals surface area contributed by atoms with E-state index >= 15 is 0 Å². The average Bonchev–Trinajstić information content (AvgIpc) is 0.839. The maximum absolute atomic E-state index is 13.1. The maximum atomic E-state index is 13.1. The van der Waals surface area contributed by atoms with Crippen molar-refractivity contribution in [2.45, 2.75) is 455 Å². The molecule has 1 aliphatic rings. The number of esters is 1. The van der Waals surface area contributed by atoms with Crippen LogP contribution in [-0.4, -0.2) is 100 Å². The third-order valence-electron chi connectivity index (χ3n) is 19.8. The molecule has 0 spiro atoms.